The molecule has 0 saturated carbocycles. The van der Waals surface area contributed by atoms with Gasteiger partial charge in [0, 0.05) is 25.7 Å². The van der Waals surface area contributed by atoms with Crippen LogP contribution in [0.3, 0.4) is 0 Å². The molecular formula is C14H28N2O2. The fourth-order valence-electron chi connectivity index (χ4n) is 3.12. The first-order valence-electron chi connectivity index (χ1n) is 7.39. The van der Waals surface area contributed by atoms with Crippen molar-refractivity contribution >= 4 is 0 Å². The van der Waals surface area contributed by atoms with Crippen molar-refractivity contribution in [2.24, 2.45) is 5.92 Å². The Hall–Kier alpha value is -0.160. The summed E-state index contributed by atoms with van der Waals surface area (Å²) in [6.07, 6.45) is 2.15. The molecule has 4 heteroatoms. The van der Waals surface area contributed by atoms with Crippen LogP contribution in [0, 0.1) is 5.92 Å². The van der Waals surface area contributed by atoms with Crippen LogP contribution in [-0.2, 0) is 4.74 Å². The third-order valence-corrected chi connectivity index (χ3v) is 4.51. The first kappa shape index (κ1) is 14.3. The standard InChI is InChI=1S/C14H28N2O2/c1-12(11-15-7-9-18-10-8-15)16-5-3-14(4-6-16)13(2)17/h12-14,17H,3-11H2,1-2H3. The lowest BCUT2D eigenvalue weighted by atomic mass is 9.91. The number of aliphatic hydroxyl groups excluding tert-OH is 1. The number of hydrogen-bond donors (Lipinski definition) is 1. The van der Waals surface area contributed by atoms with Gasteiger partial charge >= 0.3 is 0 Å². The van der Waals surface area contributed by atoms with E-state index in [9.17, 15) is 5.11 Å². The highest BCUT2D eigenvalue weighted by Crippen LogP contribution is 2.22. The molecule has 18 heavy (non-hydrogen) atoms. The average molecular weight is 256 g/mol. The van der Waals surface area contributed by atoms with E-state index >= 15 is 0 Å². The fraction of sp³-hybridized carbons (Fsp3) is 1.00. The van der Waals surface area contributed by atoms with Gasteiger partial charge in [-0.3, -0.25) is 9.80 Å². The highest BCUT2D eigenvalue weighted by molar-refractivity contribution is 4.80. The molecule has 0 aromatic rings. The van der Waals surface area contributed by atoms with Crippen LogP contribution < -0.4 is 0 Å². The SMILES string of the molecule is CC(O)C1CCN(C(C)CN2CCOCC2)CC1. The van der Waals surface area contributed by atoms with Crippen molar-refractivity contribution in [3.05, 3.63) is 0 Å². The van der Waals surface area contributed by atoms with E-state index in [0.29, 0.717) is 12.0 Å². The molecule has 0 amide bonds. The summed E-state index contributed by atoms with van der Waals surface area (Å²) < 4.78 is 5.38. The van der Waals surface area contributed by atoms with Crippen LogP contribution in [0.4, 0.5) is 0 Å². The molecule has 0 aromatic carbocycles. The Labute approximate surface area is 111 Å². The van der Waals surface area contributed by atoms with E-state index in [1.54, 1.807) is 0 Å². The van der Waals surface area contributed by atoms with Crippen LogP contribution in [0.25, 0.3) is 0 Å². The second-order valence-electron chi connectivity index (χ2n) is 5.88. The van der Waals surface area contributed by atoms with E-state index in [0.717, 1.165) is 58.8 Å². The second-order valence-corrected chi connectivity index (χ2v) is 5.88. The topological polar surface area (TPSA) is 35.9 Å². The van der Waals surface area contributed by atoms with Crippen LogP contribution in [0.1, 0.15) is 26.7 Å². The van der Waals surface area contributed by atoms with Crippen molar-refractivity contribution in [2.75, 3.05) is 45.9 Å². The van der Waals surface area contributed by atoms with Gasteiger partial charge in [0.2, 0.25) is 0 Å². The molecule has 1 N–H and O–H groups in total. The summed E-state index contributed by atoms with van der Waals surface area (Å²) in [5, 5.41) is 9.62. The van der Waals surface area contributed by atoms with Crippen molar-refractivity contribution in [2.45, 2.75) is 38.8 Å². The third-order valence-electron chi connectivity index (χ3n) is 4.51. The monoisotopic (exact) mass is 256 g/mol. The van der Waals surface area contributed by atoms with Gasteiger partial charge in [0.1, 0.15) is 0 Å². The predicted molar refractivity (Wildman–Crippen MR) is 72.7 cm³/mol. The zero-order chi connectivity index (χ0) is 13.0. The summed E-state index contributed by atoms with van der Waals surface area (Å²) in [6.45, 7) is 11.6. The van der Waals surface area contributed by atoms with Crippen molar-refractivity contribution in [1.29, 1.82) is 0 Å². The summed E-state index contributed by atoms with van der Waals surface area (Å²) in [4.78, 5) is 5.09. The number of likely N-dealkylation sites (tertiary alicyclic amines) is 1. The maximum absolute atomic E-state index is 9.62. The molecule has 2 fully saturated rings. The van der Waals surface area contributed by atoms with Crippen molar-refractivity contribution in [3.63, 3.8) is 0 Å². The van der Waals surface area contributed by atoms with Crippen LogP contribution in [-0.4, -0.2) is 73.0 Å². The summed E-state index contributed by atoms with van der Waals surface area (Å²) in [6, 6.07) is 0.623. The summed E-state index contributed by atoms with van der Waals surface area (Å²) in [5.41, 5.74) is 0. The Kier molecular flexibility index (Phi) is 5.42. The van der Waals surface area contributed by atoms with Gasteiger partial charge in [0.25, 0.3) is 0 Å². The molecule has 4 nitrogen and oxygen atoms in total. The molecule has 2 unspecified atom stereocenters. The highest BCUT2D eigenvalue weighted by atomic mass is 16.5. The fourth-order valence-corrected chi connectivity index (χ4v) is 3.12. The van der Waals surface area contributed by atoms with E-state index in [-0.39, 0.29) is 6.10 Å². The lowest BCUT2D eigenvalue weighted by Gasteiger charge is -2.39. The van der Waals surface area contributed by atoms with E-state index < -0.39 is 0 Å². The molecule has 2 rings (SSSR count). The van der Waals surface area contributed by atoms with Gasteiger partial charge in [-0.15, -0.1) is 0 Å². The third kappa shape index (κ3) is 3.92. The van der Waals surface area contributed by atoms with Crippen LogP contribution in [0.5, 0.6) is 0 Å². The lowest BCUT2D eigenvalue weighted by Crippen LogP contribution is -2.49. The minimum absolute atomic E-state index is 0.137. The molecule has 106 valence electrons. The van der Waals surface area contributed by atoms with Crippen molar-refractivity contribution in [1.82, 2.24) is 9.80 Å². The zero-order valence-electron chi connectivity index (χ0n) is 11.8. The number of nitrogens with zero attached hydrogens (tertiary/aromatic N) is 2. The molecule has 2 aliphatic heterocycles. The van der Waals surface area contributed by atoms with Crippen LogP contribution >= 0.6 is 0 Å². The summed E-state index contributed by atoms with van der Waals surface area (Å²) >= 11 is 0. The molecule has 2 aliphatic rings. The zero-order valence-corrected chi connectivity index (χ0v) is 11.8. The molecule has 0 radical (unpaired) electrons. The number of morpholine rings is 1. The minimum atomic E-state index is -0.137. The number of piperidine rings is 1. The minimum Gasteiger partial charge on any atom is -0.393 e. The van der Waals surface area contributed by atoms with Gasteiger partial charge in [-0.1, -0.05) is 0 Å². The van der Waals surface area contributed by atoms with E-state index in [2.05, 4.69) is 16.7 Å². The molecule has 0 aromatic heterocycles. The molecule has 2 heterocycles. The Morgan fingerprint density at radius 3 is 2.28 bits per heavy atom. The highest BCUT2D eigenvalue weighted by Gasteiger charge is 2.26. The average Bonchev–Trinajstić information content (AvgIpc) is 2.40. The van der Waals surface area contributed by atoms with Gasteiger partial charge in [-0.05, 0) is 45.7 Å². The molecule has 2 atom stereocenters. The number of aliphatic hydroxyl groups is 1. The Bertz CT molecular complexity index is 234. The molecule has 0 spiro atoms. The Morgan fingerprint density at radius 2 is 1.72 bits per heavy atom. The number of hydrogen-bond acceptors (Lipinski definition) is 4. The van der Waals surface area contributed by atoms with E-state index in [1.165, 1.54) is 0 Å². The Balaban J connectivity index is 1.71. The van der Waals surface area contributed by atoms with Gasteiger partial charge in [-0.25, -0.2) is 0 Å². The molecule has 0 aliphatic carbocycles. The van der Waals surface area contributed by atoms with Gasteiger partial charge in [0.15, 0.2) is 0 Å². The Morgan fingerprint density at radius 1 is 1.11 bits per heavy atom. The first-order chi connectivity index (χ1) is 8.66. The smallest absolute Gasteiger partial charge is 0.0594 e. The predicted octanol–water partition coefficient (Wildman–Crippen LogP) is 0.800. The number of ether oxygens (including phenoxy) is 1. The van der Waals surface area contributed by atoms with Crippen molar-refractivity contribution in [3.8, 4) is 0 Å². The molecule has 2 saturated heterocycles. The normalized spacial score (nSPS) is 28.2. The van der Waals surface area contributed by atoms with E-state index in [1.807, 2.05) is 6.92 Å². The van der Waals surface area contributed by atoms with Crippen molar-refractivity contribution < 1.29 is 9.84 Å². The first-order valence-corrected chi connectivity index (χ1v) is 7.39. The number of rotatable bonds is 4. The second kappa shape index (κ2) is 6.85. The maximum Gasteiger partial charge on any atom is 0.0594 e. The largest absolute Gasteiger partial charge is 0.393 e. The molecule has 0 bridgehead atoms. The quantitative estimate of drug-likeness (QED) is 0.807. The van der Waals surface area contributed by atoms with Gasteiger partial charge in [0.05, 0.1) is 19.3 Å². The molecular weight excluding hydrogens is 228 g/mol. The van der Waals surface area contributed by atoms with E-state index in [4.69, 9.17) is 4.74 Å². The van der Waals surface area contributed by atoms with Gasteiger partial charge < -0.3 is 9.84 Å². The maximum atomic E-state index is 9.62. The van der Waals surface area contributed by atoms with Crippen LogP contribution in [0.15, 0.2) is 0 Å². The van der Waals surface area contributed by atoms with Gasteiger partial charge in [-0.2, -0.15) is 0 Å². The summed E-state index contributed by atoms with van der Waals surface area (Å²) in [7, 11) is 0. The lowest BCUT2D eigenvalue weighted by molar-refractivity contribution is 0.0137. The van der Waals surface area contributed by atoms with Crippen LogP contribution in [0.2, 0.25) is 0 Å². The summed E-state index contributed by atoms with van der Waals surface area (Å²) in [5.74, 6) is 0.511.